The molecule has 1 amide bonds. The maximum atomic E-state index is 12.0. The molecule has 2 rings (SSSR count). The minimum Gasteiger partial charge on any atom is -0.479 e. The summed E-state index contributed by atoms with van der Waals surface area (Å²) in [6, 6.07) is 7.00. The summed E-state index contributed by atoms with van der Waals surface area (Å²) in [5.74, 6) is -1.30. The molecule has 0 spiro atoms. The van der Waals surface area contributed by atoms with Crippen molar-refractivity contribution in [1.82, 2.24) is 5.32 Å². The maximum Gasteiger partial charge on any atom is 0.332 e. The Labute approximate surface area is 121 Å². The van der Waals surface area contributed by atoms with E-state index in [1.807, 2.05) is 19.1 Å². The second-order valence-electron chi connectivity index (χ2n) is 4.81. The minimum absolute atomic E-state index is 0.188. The van der Waals surface area contributed by atoms with Crippen LogP contribution in [0.3, 0.4) is 0 Å². The second kappa shape index (κ2) is 6.24. The number of amides is 1. The number of hydrogen-bond donors (Lipinski definition) is 2. The summed E-state index contributed by atoms with van der Waals surface area (Å²) in [5, 5.41) is 12.3. The number of benzene rings is 1. The lowest BCUT2D eigenvalue weighted by Gasteiger charge is -2.17. The molecule has 2 N–H and O–H groups in total. The van der Waals surface area contributed by atoms with Crippen molar-refractivity contribution < 1.29 is 19.4 Å². The zero-order valence-corrected chi connectivity index (χ0v) is 11.8. The summed E-state index contributed by atoms with van der Waals surface area (Å²) in [5.41, 5.74) is 0.926. The Morgan fingerprint density at radius 2 is 1.90 bits per heavy atom. The van der Waals surface area contributed by atoms with Crippen LogP contribution in [0, 0.1) is 0 Å². The third kappa shape index (κ3) is 3.49. The second-order valence-corrected chi connectivity index (χ2v) is 5.25. The fourth-order valence-electron chi connectivity index (χ4n) is 2.15. The van der Waals surface area contributed by atoms with Crippen LogP contribution in [0.25, 0.3) is 0 Å². The Morgan fingerprint density at radius 3 is 2.45 bits per heavy atom. The molecule has 1 aliphatic heterocycles. The largest absolute Gasteiger partial charge is 0.479 e. The van der Waals surface area contributed by atoms with Crippen molar-refractivity contribution in [2.75, 3.05) is 0 Å². The van der Waals surface area contributed by atoms with Gasteiger partial charge in [-0.1, -0.05) is 23.7 Å². The van der Waals surface area contributed by atoms with E-state index < -0.39 is 18.2 Å². The lowest BCUT2D eigenvalue weighted by molar-refractivity contribution is -0.151. The van der Waals surface area contributed by atoms with Gasteiger partial charge in [0.1, 0.15) is 6.10 Å². The number of hydrogen-bond acceptors (Lipinski definition) is 3. The normalized spacial score (nSPS) is 23.3. The van der Waals surface area contributed by atoms with Crippen LogP contribution in [0.15, 0.2) is 24.3 Å². The van der Waals surface area contributed by atoms with Gasteiger partial charge < -0.3 is 15.2 Å². The average molecular weight is 298 g/mol. The van der Waals surface area contributed by atoms with E-state index in [9.17, 15) is 9.59 Å². The van der Waals surface area contributed by atoms with E-state index in [2.05, 4.69) is 5.32 Å². The van der Waals surface area contributed by atoms with Crippen molar-refractivity contribution in [2.24, 2.45) is 0 Å². The summed E-state index contributed by atoms with van der Waals surface area (Å²) in [6.45, 7) is 1.85. The highest BCUT2D eigenvalue weighted by Crippen LogP contribution is 2.22. The van der Waals surface area contributed by atoms with Gasteiger partial charge in [-0.05, 0) is 37.5 Å². The minimum atomic E-state index is -1.02. The molecule has 1 aromatic rings. The molecule has 0 radical (unpaired) electrons. The molecule has 6 heteroatoms. The topological polar surface area (TPSA) is 75.6 Å². The van der Waals surface area contributed by atoms with Gasteiger partial charge in [-0.3, -0.25) is 4.79 Å². The molecule has 3 atom stereocenters. The Bertz CT molecular complexity index is 502. The number of rotatable bonds is 4. The lowest BCUT2D eigenvalue weighted by atomic mass is 10.1. The number of carbonyl (C=O) groups is 2. The maximum absolute atomic E-state index is 12.0. The van der Waals surface area contributed by atoms with Gasteiger partial charge in [-0.15, -0.1) is 0 Å². The third-order valence-corrected chi connectivity index (χ3v) is 3.57. The van der Waals surface area contributed by atoms with Gasteiger partial charge in [-0.25, -0.2) is 4.79 Å². The first-order valence-corrected chi connectivity index (χ1v) is 6.79. The molecule has 0 bridgehead atoms. The van der Waals surface area contributed by atoms with Crippen molar-refractivity contribution in [3.8, 4) is 0 Å². The van der Waals surface area contributed by atoms with Crippen LogP contribution in [0.2, 0.25) is 5.02 Å². The Kier molecular flexibility index (Phi) is 4.62. The van der Waals surface area contributed by atoms with Gasteiger partial charge in [0.2, 0.25) is 5.91 Å². The Hall–Kier alpha value is -1.59. The first-order chi connectivity index (χ1) is 9.47. The number of ether oxygens (including phenoxy) is 1. The van der Waals surface area contributed by atoms with Crippen molar-refractivity contribution in [3.63, 3.8) is 0 Å². The molecular formula is C14H16ClNO4. The van der Waals surface area contributed by atoms with Crippen molar-refractivity contribution in [2.45, 2.75) is 38.0 Å². The average Bonchev–Trinajstić information content (AvgIpc) is 2.89. The Balaban J connectivity index is 1.91. The van der Waals surface area contributed by atoms with Gasteiger partial charge in [0, 0.05) is 5.02 Å². The molecule has 1 aliphatic rings. The molecule has 20 heavy (non-hydrogen) atoms. The summed E-state index contributed by atoms with van der Waals surface area (Å²) in [7, 11) is 0. The molecule has 108 valence electrons. The molecule has 0 aliphatic carbocycles. The monoisotopic (exact) mass is 297 g/mol. The number of carbonyl (C=O) groups excluding carboxylic acids is 1. The molecule has 1 fully saturated rings. The molecule has 1 saturated heterocycles. The third-order valence-electron chi connectivity index (χ3n) is 3.32. The quantitative estimate of drug-likeness (QED) is 0.893. The van der Waals surface area contributed by atoms with Gasteiger partial charge >= 0.3 is 5.97 Å². The van der Waals surface area contributed by atoms with Crippen LogP contribution >= 0.6 is 11.6 Å². The molecule has 1 heterocycles. The predicted octanol–water partition coefficient (Wildman–Crippen LogP) is 2.15. The first kappa shape index (κ1) is 14.8. The number of carboxylic acid groups (broad SMARTS) is 1. The van der Waals surface area contributed by atoms with Crippen molar-refractivity contribution in [1.29, 1.82) is 0 Å². The van der Waals surface area contributed by atoms with Gasteiger partial charge in [0.25, 0.3) is 0 Å². The molecule has 0 saturated carbocycles. The van der Waals surface area contributed by atoms with Crippen LogP contribution in [-0.4, -0.2) is 29.2 Å². The molecule has 2 unspecified atom stereocenters. The standard InChI is InChI=1S/C14H16ClNO4/c1-8(9-2-4-10(15)5-3-9)16-13(17)11-6-7-12(20-11)14(18)19/h2-5,8,11-12H,6-7H2,1H3,(H,16,17)(H,18,19)/t8-,11?,12?/m0/s1. The zero-order valence-electron chi connectivity index (χ0n) is 11.0. The number of nitrogens with one attached hydrogen (secondary N) is 1. The van der Waals surface area contributed by atoms with Crippen LogP contribution in [0.5, 0.6) is 0 Å². The summed E-state index contributed by atoms with van der Waals surface area (Å²) in [4.78, 5) is 22.8. The van der Waals surface area contributed by atoms with E-state index in [-0.39, 0.29) is 11.9 Å². The van der Waals surface area contributed by atoms with E-state index in [1.54, 1.807) is 12.1 Å². The molecule has 0 aromatic heterocycles. The van der Waals surface area contributed by atoms with Gasteiger partial charge in [-0.2, -0.15) is 0 Å². The van der Waals surface area contributed by atoms with E-state index in [0.29, 0.717) is 17.9 Å². The first-order valence-electron chi connectivity index (χ1n) is 6.41. The highest BCUT2D eigenvalue weighted by Gasteiger charge is 2.35. The van der Waals surface area contributed by atoms with Gasteiger partial charge in [0.05, 0.1) is 6.04 Å². The molecule has 5 nitrogen and oxygen atoms in total. The molecule has 1 aromatic carbocycles. The zero-order chi connectivity index (χ0) is 14.7. The fourth-order valence-corrected chi connectivity index (χ4v) is 2.28. The van der Waals surface area contributed by atoms with E-state index in [4.69, 9.17) is 21.4 Å². The highest BCUT2D eigenvalue weighted by atomic mass is 35.5. The Morgan fingerprint density at radius 1 is 1.30 bits per heavy atom. The highest BCUT2D eigenvalue weighted by molar-refractivity contribution is 6.30. The van der Waals surface area contributed by atoms with Gasteiger partial charge in [0.15, 0.2) is 6.10 Å². The smallest absolute Gasteiger partial charge is 0.332 e. The van der Waals surface area contributed by atoms with Crippen LogP contribution < -0.4 is 5.32 Å². The lowest BCUT2D eigenvalue weighted by Crippen LogP contribution is -2.37. The fraction of sp³-hybridized carbons (Fsp3) is 0.429. The summed E-state index contributed by atoms with van der Waals surface area (Å²) >= 11 is 5.81. The van der Waals surface area contributed by atoms with E-state index in [1.165, 1.54) is 0 Å². The SMILES string of the molecule is C[C@H](NC(=O)C1CCC(C(=O)O)O1)c1ccc(Cl)cc1. The summed E-state index contributed by atoms with van der Waals surface area (Å²) < 4.78 is 5.21. The number of carboxylic acids is 1. The van der Waals surface area contributed by atoms with E-state index in [0.717, 1.165) is 5.56 Å². The van der Waals surface area contributed by atoms with Crippen LogP contribution in [-0.2, 0) is 14.3 Å². The van der Waals surface area contributed by atoms with Crippen LogP contribution in [0.4, 0.5) is 0 Å². The van der Waals surface area contributed by atoms with Crippen molar-refractivity contribution in [3.05, 3.63) is 34.9 Å². The molecular weight excluding hydrogens is 282 g/mol. The number of halogens is 1. The summed E-state index contributed by atoms with van der Waals surface area (Å²) in [6.07, 6.45) is -0.777. The van der Waals surface area contributed by atoms with Crippen molar-refractivity contribution >= 4 is 23.5 Å². The number of aliphatic carboxylic acids is 1. The van der Waals surface area contributed by atoms with E-state index >= 15 is 0 Å². The predicted molar refractivity (Wildman–Crippen MR) is 73.5 cm³/mol. The van der Waals surface area contributed by atoms with Crippen LogP contribution in [0.1, 0.15) is 31.4 Å².